The van der Waals surface area contributed by atoms with E-state index in [0.717, 1.165) is 11.4 Å². The Hall–Kier alpha value is -1.64. The van der Waals surface area contributed by atoms with Crippen LogP contribution in [0.5, 0.6) is 0 Å². The number of allylic oxidation sites excluding steroid dienone is 5. The first kappa shape index (κ1) is 8.46. The second kappa shape index (κ2) is 4.28. The molecular formula is C9H11N3. The fourth-order valence-electron chi connectivity index (χ4n) is 0.865. The molecule has 0 radical (unpaired) electrons. The summed E-state index contributed by atoms with van der Waals surface area (Å²) in [5.41, 5.74) is 0.977. The third-order valence-corrected chi connectivity index (χ3v) is 1.33. The van der Waals surface area contributed by atoms with E-state index < -0.39 is 0 Å². The number of nitrogens with one attached hydrogen (secondary N) is 1. The fourth-order valence-corrected chi connectivity index (χ4v) is 0.865. The van der Waals surface area contributed by atoms with E-state index in [1.807, 2.05) is 25.2 Å². The summed E-state index contributed by atoms with van der Waals surface area (Å²) in [6, 6.07) is 0. The summed E-state index contributed by atoms with van der Waals surface area (Å²) in [5.74, 6) is 0.757. The van der Waals surface area contributed by atoms with E-state index >= 15 is 0 Å². The molecule has 12 heavy (non-hydrogen) atoms. The summed E-state index contributed by atoms with van der Waals surface area (Å²) in [5, 5.41) is 6.54. The minimum absolute atomic E-state index is 0.757. The zero-order valence-corrected chi connectivity index (χ0v) is 6.99. The van der Waals surface area contributed by atoms with Crippen LogP contribution >= 0.6 is 0 Å². The van der Waals surface area contributed by atoms with Crippen molar-refractivity contribution in [1.82, 2.24) is 15.2 Å². The predicted octanol–water partition coefficient (Wildman–Crippen LogP) is 1.95. The maximum Gasteiger partial charge on any atom is 0.155 e. The largest absolute Gasteiger partial charge is 0.259 e. The van der Waals surface area contributed by atoms with Crippen LogP contribution < -0.4 is 0 Å². The Kier molecular flexibility index (Phi) is 3.02. The van der Waals surface area contributed by atoms with Crippen LogP contribution in [0.1, 0.15) is 12.7 Å². The van der Waals surface area contributed by atoms with Crippen LogP contribution in [0.4, 0.5) is 0 Å². The topological polar surface area (TPSA) is 41.6 Å². The van der Waals surface area contributed by atoms with E-state index in [0.29, 0.717) is 0 Å². The molecule has 3 nitrogen and oxygen atoms in total. The van der Waals surface area contributed by atoms with Gasteiger partial charge in [0.15, 0.2) is 5.82 Å². The molecule has 0 aliphatic rings. The zero-order chi connectivity index (χ0) is 8.81. The lowest BCUT2D eigenvalue weighted by Gasteiger charge is -1.92. The average molecular weight is 161 g/mol. The minimum Gasteiger partial charge on any atom is -0.259 e. The van der Waals surface area contributed by atoms with Gasteiger partial charge in [-0.3, -0.25) is 5.10 Å². The summed E-state index contributed by atoms with van der Waals surface area (Å²) >= 11 is 0. The molecule has 0 aliphatic carbocycles. The second-order valence-corrected chi connectivity index (χ2v) is 2.19. The SMILES string of the molecule is C=C/C=C(\C=C/C)c1ncn[nH]1. The summed E-state index contributed by atoms with van der Waals surface area (Å²) in [6.07, 6.45) is 8.97. The van der Waals surface area contributed by atoms with Gasteiger partial charge in [0.1, 0.15) is 6.33 Å². The Bertz CT molecular complexity index is 294. The second-order valence-electron chi connectivity index (χ2n) is 2.19. The van der Waals surface area contributed by atoms with Crippen molar-refractivity contribution in [2.45, 2.75) is 6.92 Å². The van der Waals surface area contributed by atoms with Gasteiger partial charge in [0.25, 0.3) is 0 Å². The highest BCUT2D eigenvalue weighted by atomic mass is 15.2. The molecule has 62 valence electrons. The molecule has 0 unspecified atom stereocenters. The van der Waals surface area contributed by atoms with E-state index in [1.165, 1.54) is 6.33 Å². The molecule has 0 atom stereocenters. The summed E-state index contributed by atoms with van der Waals surface area (Å²) in [6.45, 7) is 5.57. The van der Waals surface area contributed by atoms with Gasteiger partial charge in [-0.05, 0) is 6.92 Å². The monoisotopic (exact) mass is 161 g/mol. The first-order valence-corrected chi connectivity index (χ1v) is 3.69. The molecule has 1 rings (SSSR count). The Morgan fingerprint density at radius 2 is 2.50 bits per heavy atom. The molecule has 1 N–H and O–H groups in total. The van der Waals surface area contributed by atoms with Crippen LogP contribution in [0.2, 0.25) is 0 Å². The van der Waals surface area contributed by atoms with Crippen molar-refractivity contribution in [2.24, 2.45) is 0 Å². The molecule has 0 fully saturated rings. The summed E-state index contributed by atoms with van der Waals surface area (Å²) in [7, 11) is 0. The Morgan fingerprint density at radius 3 is 3.00 bits per heavy atom. The van der Waals surface area contributed by atoms with Crippen molar-refractivity contribution < 1.29 is 0 Å². The lowest BCUT2D eigenvalue weighted by molar-refractivity contribution is 1.07. The molecule has 1 aromatic heterocycles. The van der Waals surface area contributed by atoms with E-state index in [-0.39, 0.29) is 0 Å². The number of nitrogens with zero attached hydrogens (tertiary/aromatic N) is 2. The first-order chi connectivity index (χ1) is 5.88. The lowest BCUT2D eigenvalue weighted by Crippen LogP contribution is -1.83. The van der Waals surface area contributed by atoms with Crippen LogP contribution in [-0.2, 0) is 0 Å². The van der Waals surface area contributed by atoms with Gasteiger partial charge in [-0.2, -0.15) is 5.10 Å². The molecule has 0 spiro atoms. The molecule has 3 heteroatoms. The smallest absolute Gasteiger partial charge is 0.155 e. The van der Waals surface area contributed by atoms with Gasteiger partial charge in [0.2, 0.25) is 0 Å². The van der Waals surface area contributed by atoms with Crippen molar-refractivity contribution in [2.75, 3.05) is 0 Å². The minimum atomic E-state index is 0.757. The molecule has 1 aromatic rings. The Labute approximate surface area is 71.5 Å². The number of aromatic nitrogens is 3. The average Bonchev–Trinajstić information content (AvgIpc) is 2.56. The molecule has 0 aliphatic heterocycles. The first-order valence-electron chi connectivity index (χ1n) is 3.69. The third-order valence-electron chi connectivity index (χ3n) is 1.33. The fraction of sp³-hybridized carbons (Fsp3) is 0.111. The van der Waals surface area contributed by atoms with Crippen molar-refractivity contribution in [3.05, 3.63) is 43.0 Å². The highest BCUT2D eigenvalue weighted by molar-refractivity contribution is 5.70. The Morgan fingerprint density at radius 1 is 1.67 bits per heavy atom. The maximum atomic E-state index is 4.02. The molecule has 0 amide bonds. The van der Waals surface area contributed by atoms with E-state index in [9.17, 15) is 0 Å². The quantitative estimate of drug-likeness (QED) is 0.688. The zero-order valence-electron chi connectivity index (χ0n) is 6.99. The highest BCUT2D eigenvalue weighted by Crippen LogP contribution is 2.09. The van der Waals surface area contributed by atoms with Crippen molar-refractivity contribution >= 4 is 5.57 Å². The van der Waals surface area contributed by atoms with Gasteiger partial charge in [0, 0.05) is 5.57 Å². The van der Waals surface area contributed by atoms with Gasteiger partial charge in [-0.15, -0.1) is 0 Å². The predicted molar refractivity (Wildman–Crippen MR) is 49.4 cm³/mol. The van der Waals surface area contributed by atoms with Crippen molar-refractivity contribution in [3.63, 3.8) is 0 Å². The number of hydrogen-bond acceptors (Lipinski definition) is 2. The van der Waals surface area contributed by atoms with Crippen molar-refractivity contribution in [1.29, 1.82) is 0 Å². The van der Waals surface area contributed by atoms with E-state index in [2.05, 4.69) is 21.8 Å². The van der Waals surface area contributed by atoms with Crippen molar-refractivity contribution in [3.8, 4) is 0 Å². The normalized spacial score (nSPS) is 12.2. The molecule has 0 saturated heterocycles. The molecule has 0 aromatic carbocycles. The Balaban J connectivity index is 2.95. The van der Waals surface area contributed by atoms with Crippen LogP contribution in [0.3, 0.4) is 0 Å². The number of aromatic amines is 1. The highest BCUT2D eigenvalue weighted by Gasteiger charge is 1.97. The number of H-pyrrole nitrogens is 1. The van der Waals surface area contributed by atoms with Gasteiger partial charge >= 0.3 is 0 Å². The van der Waals surface area contributed by atoms with Gasteiger partial charge in [-0.1, -0.05) is 30.9 Å². The maximum absolute atomic E-state index is 4.02. The van der Waals surface area contributed by atoms with Gasteiger partial charge in [-0.25, -0.2) is 4.98 Å². The standard InChI is InChI=1S/C9H11N3/c1-3-5-8(6-4-2)9-10-7-11-12-9/h3-7H,1H2,2H3,(H,10,11,12)/b6-4-,8-5+. The summed E-state index contributed by atoms with van der Waals surface area (Å²) < 4.78 is 0. The molecule has 0 saturated carbocycles. The molecule has 1 heterocycles. The molecular weight excluding hydrogens is 150 g/mol. The van der Waals surface area contributed by atoms with Gasteiger partial charge < -0.3 is 0 Å². The van der Waals surface area contributed by atoms with Crippen LogP contribution in [0.25, 0.3) is 5.57 Å². The van der Waals surface area contributed by atoms with Crippen LogP contribution in [0, 0.1) is 0 Å². The number of rotatable bonds is 3. The molecule has 0 bridgehead atoms. The van der Waals surface area contributed by atoms with Crippen LogP contribution in [-0.4, -0.2) is 15.2 Å². The lowest BCUT2D eigenvalue weighted by atomic mass is 10.2. The van der Waals surface area contributed by atoms with Crippen LogP contribution in [0.15, 0.2) is 37.2 Å². The van der Waals surface area contributed by atoms with E-state index in [4.69, 9.17) is 0 Å². The number of hydrogen-bond donors (Lipinski definition) is 1. The third kappa shape index (κ3) is 1.92. The summed E-state index contributed by atoms with van der Waals surface area (Å²) in [4.78, 5) is 4.02. The van der Waals surface area contributed by atoms with Gasteiger partial charge in [0.05, 0.1) is 0 Å². The van der Waals surface area contributed by atoms with E-state index in [1.54, 1.807) is 6.08 Å².